The highest BCUT2D eigenvalue weighted by molar-refractivity contribution is 9.10. The fourth-order valence-corrected chi connectivity index (χ4v) is 4.24. The molecule has 0 heterocycles. The number of nitrogens with one attached hydrogen (secondary N) is 2. The van der Waals surface area contributed by atoms with Gasteiger partial charge in [0.2, 0.25) is 5.91 Å². The van der Waals surface area contributed by atoms with Gasteiger partial charge in [0.05, 0.1) is 0 Å². The molecule has 194 valence electrons. The summed E-state index contributed by atoms with van der Waals surface area (Å²) in [6, 6.07) is 26.5. The third-order valence-corrected chi connectivity index (χ3v) is 6.20. The number of rotatable bonds is 10. The average molecular weight is 575 g/mol. The summed E-state index contributed by atoms with van der Waals surface area (Å²) in [5.41, 5.74) is 2.17. The number of carbonyl (C=O) groups is 3. The van der Waals surface area contributed by atoms with Crippen LogP contribution in [0.1, 0.15) is 24.8 Å². The Morgan fingerprint density at radius 3 is 2.26 bits per heavy atom. The van der Waals surface area contributed by atoms with Gasteiger partial charge in [-0.1, -0.05) is 46.3 Å². The van der Waals surface area contributed by atoms with Gasteiger partial charge in [0, 0.05) is 28.7 Å². The van der Waals surface area contributed by atoms with Gasteiger partial charge in [-0.2, -0.15) is 0 Å². The standard InChI is InChI=1S/C30H27BrN2O5/c1-20-17-23(31)10-16-27(20)33-29(35)19-37-30(36)8-4-7-28(34)32-24-11-14-25(15-12-24)38-26-13-9-21-5-2-3-6-22(21)18-26/h2-3,5-6,9-18H,4,7-8,19H2,1H3,(H,32,34)(H,33,35). The molecule has 38 heavy (non-hydrogen) atoms. The zero-order valence-electron chi connectivity index (χ0n) is 20.8. The van der Waals surface area contributed by atoms with Crippen molar-refractivity contribution in [1.82, 2.24) is 0 Å². The molecule has 0 saturated carbocycles. The highest BCUT2D eigenvalue weighted by atomic mass is 79.9. The van der Waals surface area contributed by atoms with Gasteiger partial charge in [-0.25, -0.2) is 0 Å². The molecule has 0 aromatic heterocycles. The van der Waals surface area contributed by atoms with E-state index in [9.17, 15) is 14.4 Å². The number of ether oxygens (including phenoxy) is 2. The van der Waals surface area contributed by atoms with E-state index in [1.807, 2.05) is 61.5 Å². The SMILES string of the molecule is Cc1cc(Br)ccc1NC(=O)COC(=O)CCCC(=O)Nc1ccc(Oc2ccc3ccccc3c2)cc1. The lowest BCUT2D eigenvalue weighted by molar-refractivity contribution is -0.147. The van der Waals surface area contributed by atoms with Crippen LogP contribution >= 0.6 is 15.9 Å². The summed E-state index contributed by atoms with van der Waals surface area (Å²) < 4.78 is 11.9. The van der Waals surface area contributed by atoms with E-state index in [1.54, 1.807) is 30.3 Å². The molecular weight excluding hydrogens is 548 g/mol. The molecule has 2 N–H and O–H groups in total. The zero-order chi connectivity index (χ0) is 26.9. The fourth-order valence-electron chi connectivity index (χ4n) is 3.76. The Balaban J connectivity index is 1.15. The van der Waals surface area contributed by atoms with E-state index in [0.29, 0.717) is 23.5 Å². The highest BCUT2D eigenvalue weighted by Gasteiger charge is 2.11. The monoisotopic (exact) mass is 574 g/mol. The number of hydrogen-bond acceptors (Lipinski definition) is 5. The summed E-state index contributed by atoms with van der Waals surface area (Å²) in [6.45, 7) is 1.49. The first-order valence-electron chi connectivity index (χ1n) is 12.1. The van der Waals surface area contributed by atoms with Gasteiger partial charge in [-0.15, -0.1) is 0 Å². The Bertz CT molecular complexity index is 1450. The van der Waals surface area contributed by atoms with Gasteiger partial charge < -0.3 is 20.1 Å². The van der Waals surface area contributed by atoms with Gasteiger partial charge >= 0.3 is 5.97 Å². The Morgan fingerprint density at radius 2 is 1.50 bits per heavy atom. The first-order chi connectivity index (χ1) is 18.4. The minimum atomic E-state index is -0.532. The molecular formula is C30H27BrN2O5. The molecule has 0 radical (unpaired) electrons. The van der Waals surface area contributed by atoms with Crippen molar-refractivity contribution in [2.45, 2.75) is 26.2 Å². The highest BCUT2D eigenvalue weighted by Crippen LogP contribution is 2.26. The van der Waals surface area contributed by atoms with E-state index in [-0.39, 0.29) is 25.4 Å². The number of aryl methyl sites for hydroxylation is 1. The van der Waals surface area contributed by atoms with Gasteiger partial charge in [0.15, 0.2) is 6.61 Å². The van der Waals surface area contributed by atoms with Gasteiger partial charge in [-0.05, 0) is 84.3 Å². The second-order valence-electron chi connectivity index (χ2n) is 8.71. The van der Waals surface area contributed by atoms with E-state index in [4.69, 9.17) is 9.47 Å². The normalized spacial score (nSPS) is 10.6. The van der Waals surface area contributed by atoms with Crippen LogP contribution in [0.2, 0.25) is 0 Å². The van der Waals surface area contributed by atoms with Crippen molar-refractivity contribution >= 4 is 55.9 Å². The Labute approximate surface area is 229 Å². The van der Waals surface area contributed by atoms with Crippen LogP contribution in [-0.2, 0) is 19.1 Å². The van der Waals surface area contributed by atoms with Gasteiger partial charge in [0.25, 0.3) is 5.91 Å². The largest absolute Gasteiger partial charge is 0.457 e. The van der Waals surface area contributed by atoms with Crippen LogP contribution in [0, 0.1) is 6.92 Å². The topological polar surface area (TPSA) is 93.7 Å². The lowest BCUT2D eigenvalue weighted by Gasteiger charge is -2.10. The predicted molar refractivity (Wildman–Crippen MR) is 151 cm³/mol. The van der Waals surface area contributed by atoms with E-state index in [1.165, 1.54) is 0 Å². The molecule has 0 fully saturated rings. The lowest BCUT2D eigenvalue weighted by atomic mass is 10.1. The van der Waals surface area contributed by atoms with Crippen LogP contribution in [0.25, 0.3) is 10.8 Å². The second kappa shape index (κ2) is 12.9. The Kier molecular flexibility index (Phi) is 9.11. The molecule has 7 nitrogen and oxygen atoms in total. The molecule has 4 aromatic rings. The fraction of sp³-hybridized carbons (Fsp3) is 0.167. The molecule has 4 rings (SSSR count). The minimum absolute atomic E-state index is 0.0382. The van der Waals surface area contributed by atoms with Crippen molar-refractivity contribution in [2.75, 3.05) is 17.2 Å². The first kappa shape index (κ1) is 26.9. The number of carbonyl (C=O) groups excluding carboxylic acids is 3. The molecule has 4 aromatic carbocycles. The van der Waals surface area contributed by atoms with Crippen molar-refractivity contribution in [1.29, 1.82) is 0 Å². The maximum absolute atomic E-state index is 12.3. The molecule has 0 atom stereocenters. The van der Waals surface area contributed by atoms with Crippen molar-refractivity contribution in [3.63, 3.8) is 0 Å². The molecule has 0 saturated heterocycles. The molecule has 0 aliphatic carbocycles. The van der Waals surface area contributed by atoms with Crippen molar-refractivity contribution in [3.8, 4) is 11.5 Å². The summed E-state index contributed by atoms with van der Waals surface area (Å²) in [7, 11) is 0. The number of fused-ring (bicyclic) bond motifs is 1. The summed E-state index contributed by atoms with van der Waals surface area (Å²) in [6.07, 6.45) is 0.493. The van der Waals surface area contributed by atoms with Gasteiger partial charge in [-0.3, -0.25) is 14.4 Å². The molecule has 0 unspecified atom stereocenters. The average Bonchev–Trinajstić information content (AvgIpc) is 2.90. The summed E-state index contributed by atoms with van der Waals surface area (Å²) in [4.78, 5) is 36.3. The molecule has 0 bridgehead atoms. The molecule has 0 aliphatic rings. The maximum Gasteiger partial charge on any atom is 0.306 e. The lowest BCUT2D eigenvalue weighted by Crippen LogP contribution is -2.21. The second-order valence-corrected chi connectivity index (χ2v) is 9.62. The molecule has 0 spiro atoms. The summed E-state index contributed by atoms with van der Waals surface area (Å²) in [5.74, 6) is 0.211. The van der Waals surface area contributed by atoms with E-state index in [2.05, 4.69) is 26.6 Å². The smallest absolute Gasteiger partial charge is 0.306 e. The number of amides is 2. The number of hydrogen-bond donors (Lipinski definition) is 2. The molecule has 0 aliphatic heterocycles. The van der Waals surface area contributed by atoms with Crippen LogP contribution in [0.5, 0.6) is 11.5 Å². The first-order valence-corrected chi connectivity index (χ1v) is 12.9. The van der Waals surface area contributed by atoms with E-state index >= 15 is 0 Å². The van der Waals surface area contributed by atoms with Crippen LogP contribution in [0.4, 0.5) is 11.4 Å². The Morgan fingerprint density at radius 1 is 0.763 bits per heavy atom. The van der Waals surface area contributed by atoms with Crippen LogP contribution in [0.3, 0.4) is 0 Å². The third-order valence-electron chi connectivity index (χ3n) is 5.71. The van der Waals surface area contributed by atoms with E-state index < -0.39 is 11.9 Å². The van der Waals surface area contributed by atoms with Crippen molar-refractivity contribution < 1.29 is 23.9 Å². The van der Waals surface area contributed by atoms with Crippen molar-refractivity contribution in [3.05, 3.63) is 95.0 Å². The van der Waals surface area contributed by atoms with Crippen LogP contribution < -0.4 is 15.4 Å². The number of esters is 1. The van der Waals surface area contributed by atoms with Crippen molar-refractivity contribution in [2.24, 2.45) is 0 Å². The quantitative estimate of drug-likeness (QED) is 0.199. The number of anilines is 2. The third kappa shape index (κ3) is 7.91. The van der Waals surface area contributed by atoms with Gasteiger partial charge in [0.1, 0.15) is 11.5 Å². The number of benzene rings is 4. The zero-order valence-corrected chi connectivity index (χ0v) is 22.4. The van der Waals surface area contributed by atoms with Crippen LogP contribution in [0.15, 0.2) is 89.4 Å². The molecule has 2 amide bonds. The number of halogens is 1. The van der Waals surface area contributed by atoms with E-state index in [0.717, 1.165) is 26.6 Å². The minimum Gasteiger partial charge on any atom is -0.457 e. The maximum atomic E-state index is 12.3. The molecule has 8 heteroatoms. The predicted octanol–water partition coefficient (Wildman–Crippen LogP) is 6.99. The Hall–Kier alpha value is -4.17. The summed E-state index contributed by atoms with van der Waals surface area (Å²) >= 11 is 3.37. The van der Waals surface area contributed by atoms with Crippen LogP contribution in [-0.4, -0.2) is 24.4 Å². The summed E-state index contributed by atoms with van der Waals surface area (Å²) in [5, 5.41) is 7.75.